The summed E-state index contributed by atoms with van der Waals surface area (Å²) in [5.41, 5.74) is 17.6. The molecule has 1 N–H and O–H groups in total. The molecule has 0 saturated carbocycles. The molecule has 3 nitrogen and oxygen atoms in total. The van der Waals surface area contributed by atoms with Gasteiger partial charge in [-0.3, -0.25) is 0 Å². The summed E-state index contributed by atoms with van der Waals surface area (Å²) >= 11 is 1.88. The minimum atomic E-state index is -0.0934. The van der Waals surface area contributed by atoms with Gasteiger partial charge in [0.1, 0.15) is 5.58 Å². The zero-order valence-corrected chi connectivity index (χ0v) is 31.6. The molecule has 4 heterocycles. The predicted molar refractivity (Wildman–Crippen MR) is 239 cm³/mol. The number of furan rings is 1. The van der Waals surface area contributed by atoms with Crippen LogP contribution in [0.5, 0.6) is 0 Å². The Hall–Kier alpha value is -6.56. The van der Waals surface area contributed by atoms with E-state index in [1.807, 2.05) is 11.3 Å². The molecule has 1 radical (unpaired) electrons. The lowest BCUT2D eigenvalue weighted by Gasteiger charge is -2.25. The number of fused-ring (bicyclic) bond motifs is 15. The number of thiophene rings is 1. The van der Waals surface area contributed by atoms with E-state index in [1.54, 1.807) is 0 Å². The van der Waals surface area contributed by atoms with Gasteiger partial charge in [0.2, 0.25) is 0 Å². The number of benzene rings is 8. The highest BCUT2D eigenvalue weighted by molar-refractivity contribution is 7.26. The Morgan fingerprint density at radius 1 is 0.589 bits per heavy atom. The largest absolute Gasteiger partial charge is 0.454 e. The molecule has 56 heavy (non-hydrogen) atoms. The molecule has 261 valence electrons. The first kappa shape index (κ1) is 30.7. The van der Waals surface area contributed by atoms with Crippen molar-refractivity contribution in [1.29, 1.82) is 0 Å². The van der Waals surface area contributed by atoms with Gasteiger partial charge >= 0.3 is 0 Å². The lowest BCUT2D eigenvalue weighted by Crippen LogP contribution is -2.37. The van der Waals surface area contributed by atoms with Crippen molar-refractivity contribution in [1.82, 2.24) is 4.57 Å². The van der Waals surface area contributed by atoms with Crippen LogP contribution in [0.3, 0.4) is 0 Å². The van der Waals surface area contributed by atoms with Crippen LogP contribution in [-0.4, -0.2) is 11.8 Å². The summed E-state index contributed by atoms with van der Waals surface area (Å²) in [4.78, 5) is 0. The number of nitrogens with zero attached hydrogens (tertiary/aromatic N) is 1. The Balaban J connectivity index is 1.11. The van der Waals surface area contributed by atoms with Crippen LogP contribution < -0.4 is 16.2 Å². The topological polar surface area (TPSA) is 30.1 Å². The van der Waals surface area contributed by atoms with Crippen molar-refractivity contribution >= 4 is 105 Å². The minimum Gasteiger partial charge on any atom is -0.454 e. The lowest BCUT2D eigenvalue weighted by atomic mass is 9.59. The number of hydrogen-bond acceptors (Lipinski definition) is 3. The molecule has 0 amide bonds. The Bertz CT molecular complexity index is 3530. The van der Waals surface area contributed by atoms with E-state index in [0.717, 1.165) is 50.0 Å². The molecule has 0 fully saturated rings. The van der Waals surface area contributed by atoms with E-state index in [-0.39, 0.29) is 5.41 Å². The molecule has 3 aromatic heterocycles. The van der Waals surface area contributed by atoms with E-state index in [1.165, 1.54) is 75.3 Å². The van der Waals surface area contributed by atoms with Crippen molar-refractivity contribution in [3.05, 3.63) is 163 Å². The molecule has 0 bridgehead atoms. The number of rotatable bonds is 3. The summed E-state index contributed by atoms with van der Waals surface area (Å²) in [6.07, 6.45) is 0. The molecule has 0 atom stereocenters. The number of hydrogen-bond donors (Lipinski definition) is 1. The third kappa shape index (κ3) is 3.98. The molecule has 0 saturated heterocycles. The maximum Gasteiger partial charge on any atom is 0.198 e. The van der Waals surface area contributed by atoms with Crippen molar-refractivity contribution in [3.63, 3.8) is 0 Å². The maximum absolute atomic E-state index is 6.93. The van der Waals surface area contributed by atoms with Gasteiger partial charge in [0.25, 0.3) is 0 Å². The summed E-state index contributed by atoms with van der Waals surface area (Å²) in [6.45, 7) is 4.69. The van der Waals surface area contributed by atoms with E-state index in [0.29, 0.717) is 0 Å². The van der Waals surface area contributed by atoms with Gasteiger partial charge in [0.15, 0.2) is 12.9 Å². The SMILES string of the molecule is CC1(C)c2ccccc2-c2ccc(Nc3cc4ccccc4cc3-c3cc4c(oc5ccccc54)c4c3[B]c3cccc5c6sc7ccccc7c6n-4c35)cc21. The van der Waals surface area contributed by atoms with Crippen molar-refractivity contribution < 1.29 is 4.42 Å². The molecule has 8 aromatic carbocycles. The van der Waals surface area contributed by atoms with Gasteiger partial charge in [-0.1, -0.05) is 129 Å². The fourth-order valence-electron chi connectivity index (χ4n) is 9.99. The normalized spacial score (nSPS) is 13.8. The predicted octanol–water partition coefficient (Wildman–Crippen LogP) is 12.7. The zero-order valence-electron chi connectivity index (χ0n) is 30.8. The molecular formula is C51H32BN2OS. The van der Waals surface area contributed by atoms with Gasteiger partial charge in [-0.05, 0) is 86.5 Å². The van der Waals surface area contributed by atoms with Crippen molar-refractivity contribution in [2.75, 3.05) is 5.32 Å². The smallest absolute Gasteiger partial charge is 0.198 e. The summed E-state index contributed by atoms with van der Waals surface area (Å²) in [5, 5.41) is 11.2. The van der Waals surface area contributed by atoms with Gasteiger partial charge in [0.05, 0.1) is 15.9 Å². The first-order valence-corrected chi connectivity index (χ1v) is 20.2. The van der Waals surface area contributed by atoms with Crippen LogP contribution in [0.2, 0.25) is 0 Å². The number of aromatic nitrogens is 1. The van der Waals surface area contributed by atoms with E-state index in [2.05, 4.69) is 183 Å². The van der Waals surface area contributed by atoms with Gasteiger partial charge in [-0.15, -0.1) is 11.3 Å². The first-order valence-electron chi connectivity index (χ1n) is 19.3. The van der Waals surface area contributed by atoms with Crippen LogP contribution in [0.15, 0.2) is 156 Å². The second-order valence-corrected chi connectivity index (χ2v) is 17.0. The fourth-order valence-corrected chi connectivity index (χ4v) is 11.2. The summed E-state index contributed by atoms with van der Waals surface area (Å²) < 4.78 is 12.1. The highest BCUT2D eigenvalue weighted by Gasteiger charge is 2.36. The highest BCUT2D eigenvalue weighted by atomic mass is 32.1. The Morgan fingerprint density at radius 3 is 2.25 bits per heavy atom. The van der Waals surface area contributed by atoms with Crippen LogP contribution in [0.1, 0.15) is 25.0 Å². The van der Waals surface area contributed by atoms with E-state index in [4.69, 9.17) is 4.42 Å². The van der Waals surface area contributed by atoms with E-state index in [9.17, 15) is 0 Å². The zero-order chi connectivity index (χ0) is 36.9. The Kier molecular flexibility index (Phi) is 5.93. The standard InChI is InChI=1S/C51H32BN2OS/c1-51(2)39-18-8-5-14-31(39)32-23-22-30(26-40(32)51)53-42-25-29-13-4-3-12-28(29)24-36(42)37-27-38-33-15-6-9-20-43(33)55-49(38)48-45(37)52-41-19-11-17-35-46(41)54(48)47-34-16-7-10-21-44(34)56-50(35)47/h3-27,53H,1-2H3. The average molecular weight is 732 g/mol. The number of anilines is 2. The van der Waals surface area contributed by atoms with Gasteiger partial charge in [-0.2, -0.15) is 0 Å². The van der Waals surface area contributed by atoms with Crippen molar-refractivity contribution in [3.8, 4) is 27.9 Å². The number of nitrogens with one attached hydrogen (secondary N) is 1. The third-order valence-electron chi connectivity index (χ3n) is 12.6. The van der Waals surface area contributed by atoms with Crippen molar-refractivity contribution in [2.24, 2.45) is 0 Å². The Labute approximate surface area is 327 Å². The second-order valence-electron chi connectivity index (χ2n) is 16.0. The maximum atomic E-state index is 6.93. The van der Waals surface area contributed by atoms with Gasteiger partial charge < -0.3 is 14.3 Å². The van der Waals surface area contributed by atoms with Crippen LogP contribution >= 0.6 is 11.3 Å². The molecule has 13 rings (SSSR count). The summed E-state index contributed by atoms with van der Waals surface area (Å²) in [7, 11) is 2.40. The molecular weight excluding hydrogens is 699 g/mol. The molecule has 5 heteroatoms. The molecule has 0 spiro atoms. The average Bonchev–Trinajstić information content (AvgIpc) is 3.95. The molecule has 1 aliphatic carbocycles. The van der Waals surface area contributed by atoms with Crippen LogP contribution in [0.25, 0.3) is 91.9 Å². The quantitative estimate of drug-likeness (QED) is 0.183. The van der Waals surface area contributed by atoms with Crippen LogP contribution in [0.4, 0.5) is 11.4 Å². The second kappa shape index (κ2) is 10.8. The van der Waals surface area contributed by atoms with Crippen LogP contribution in [0, 0.1) is 0 Å². The van der Waals surface area contributed by atoms with Crippen molar-refractivity contribution in [2.45, 2.75) is 19.3 Å². The summed E-state index contributed by atoms with van der Waals surface area (Å²) in [5.74, 6) is 0. The molecule has 11 aromatic rings. The van der Waals surface area contributed by atoms with E-state index < -0.39 is 0 Å². The molecule has 2 aliphatic rings. The highest BCUT2D eigenvalue weighted by Crippen LogP contribution is 2.50. The molecule has 0 unspecified atom stereocenters. The lowest BCUT2D eigenvalue weighted by molar-refractivity contribution is 0.660. The summed E-state index contributed by atoms with van der Waals surface area (Å²) in [6, 6.07) is 55.6. The van der Waals surface area contributed by atoms with E-state index >= 15 is 0 Å². The first-order chi connectivity index (χ1) is 27.5. The third-order valence-corrected chi connectivity index (χ3v) is 13.8. The molecule has 1 aliphatic heterocycles. The fraction of sp³-hybridized carbons (Fsp3) is 0.0588. The van der Waals surface area contributed by atoms with Gasteiger partial charge in [0, 0.05) is 54.1 Å². The Morgan fingerprint density at radius 2 is 1.34 bits per heavy atom. The van der Waals surface area contributed by atoms with Crippen LogP contribution in [-0.2, 0) is 5.41 Å². The minimum absolute atomic E-state index is 0.0934. The van der Waals surface area contributed by atoms with Gasteiger partial charge in [-0.25, -0.2) is 0 Å². The monoisotopic (exact) mass is 731 g/mol. The number of para-hydroxylation sites is 2.